The van der Waals surface area contributed by atoms with E-state index in [9.17, 15) is 18.0 Å². The molecule has 2 amide bonds. The monoisotopic (exact) mass is 443 g/mol. The Balaban J connectivity index is 1.48. The van der Waals surface area contributed by atoms with Crippen molar-refractivity contribution in [3.8, 4) is 0 Å². The third-order valence-electron chi connectivity index (χ3n) is 5.56. The fraction of sp³-hybridized carbons (Fsp3) is 0.364. The van der Waals surface area contributed by atoms with Gasteiger partial charge in [0.25, 0.3) is 5.91 Å². The Hall–Kier alpha value is -2.75. The van der Waals surface area contributed by atoms with Gasteiger partial charge in [0.1, 0.15) is 0 Å². The SMILES string of the molecule is Cc1ccc(NC(=O)c2ccc(S(=O)(=O)N3CCOCC3)cc2)cc1N1CCCC1=O. The van der Waals surface area contributed by atoms with Crippen molar-refractivity contribution in [3.05, 3.63) is 53.6 Å². The lowest BCUT2D eigenvalue weighted by atomic mass is 10.1. The number of carbonyl (C=O) groups excluding carboxylic acids is 2. The Morgan fingerprint density at radius 3 is 2.39 bits per heavy atom. The van der Waals surface area contributed by atoms with Gasteiger partial charge >= 0.3 is 0 Å². The molecule has 164 valence electrons. The third kappa shape index (κ3) is 4.48. The van der Waals surface area contributed by atoms with Gasteiger partial charge in [0.05, 0.1) is 18.1 Å². The number of nitrogens with one attached hydrogen (secondary N) is 1. The first-order valence-electron chi connectivity index (χ1n) is 10.3. The van der Waals surface area contributed by atoms with E-state index in [0.29, 0.717) is 50.5 Å². The van der Waals surface area contributed by atoms with Crippen LogP contribution in [0, 0.1) is 6.92 Å². The van der Waals surface area contributed by atoms with E-state index in [-0.39, 0.29) is 16.7 Å². The van der Waals surface area contributed by atoms with Crippen LogP contribution >= 0.6 is 0 Å². The van der Waals surface area contributed by atoms with Gasteiger partial charge < -0.3 is 15.0 Å². The number of nitrogens with zero attached hydrogens (tertiary/aromatic N) is 2. The second-order valence-corrected chi connectivity index (χ2v) is 9.58. The number of amides is 2. The average molecular weight is 444 g/mol. The zero-order valence-electron chi connectivity index (χ0n) is 17.3. The highest BCUT2D eigenvalue weighted by atomic mass is 32.2. The van der Waals surface area contributed by atoms with Crippen LogP contribution < -0.4 is 10.2 Å². The predicted octanol–water partition coefficient (Wildman–Crippen LogP) is 2.40. The van der Waals surface area contributed by atoms with E-state index in [1.807, 2.05) is 13.0 Å². The van der Waals surface area contributed by atoms with E-state index in [1.54, 1.807) is 17.0 Å². The predicted molar refractivity (Wildman–Crippen MR) is 117 cm³/mol. The molecule has 9 heteroatoms. The number of carbonyl (C=O) groups is 2. The molecule has 0 spiro atoms. The molecule has 2 aromatic rings. The standard InChI is InChI=1S/C22H25N3O5S/c1-16-4-7-18(15-20(16)25-10-2-3-21(25)26)23-22(27)17-5-8-19(9-6-17)31(28,29)24-11-13-30-14-12-24/h4-9,15H,2-3,10-14H2,1H3,(H,23,27). The molecule has 2 aliphatic rings. The highest BCUT2D eigenvalue weighted by Gasteiger charge is 2.26. The summed E-state index contributed by atoms with van der Waals surface area (Å²) in [7, 11) is -3.60. The van der Waals surface area contributed by atoms with E-state index in [0.717, 1.165) is 17.7 Å². The van der Waals surface area contributed by atoms with Crippen molar-refractivity contribution < 1.29 is 22.7 Å². The summed E-state index contributed by atoms with van der Waals surface area (Å²) >= 11 is 0. The molecule has 0 atom stereocenters. The molecule has 2 fully saturated rings. The van der Waals surface area contributed by atoms with Crippen molar-refractivity contribution in [3.63, 3.8) is 0 Å². The van der Waals surface area contributed by atoms with Gasteiger partial charge in [0, 0.05) is 43.0 Å². The number of anilines is 2. The molecule has 1 N–H and O–H groups in total. The quantitative estimate of drug-likeness (QED) is 0.766. The second kappa shape index (κ2) is 8.78. The summed E-state index contributed by atoms with van der Waals surface area (Å²) in [6, 6.07) is 11.4. The minimum absolute atomic E-state index is 0.0867. The van der Waals surface area contributed by atoms with Crippen LogP contribution in [0.5, 0.6) is 0 Å². The van der Waals surface area contributed by atoms with Crippen LogP contribution in [0.25, 0.3) is 0 Å². The van der Waals surface area contributed by atoms with Crippen molar-refractivity contribution in [2.45, 2.75) is 24.7 Å². The average Bonchev–Trinajstić information content (AvgIpc) is 3.21. The Morgan fingerprint density at radius 2 is 1.74 bits per heavy atom. The number of rotatable bonds is 5. The lowest BCUT2D eigenvalue weighted by molar-refractivity contribution is -0.117. The maximum absolute atomic E-state index is 12.7. The summed E-state index contributed by atoms with van der Waals surface area (Å²) < 4.78 is 32.0. The molecular formula is C22H25N3O5S. The van der Waals surface area contributed by atoms with E-state index >= 15 is 0 Å². The zero-order valence-corrected chi connectivity index (χ0v) is 18.2. The Kier molecular flexibility index (Phi) is 6.08. The normalized spacial score (nSPS) is 17.7. The molecule has 4 rings (SSSR count). The van der Waals surface area contributed by atoms with Crippen molar-refractivity contribution in [1.29, 1.82) is 0 Å². The summed E-state index contributed by atoms with van der Waals surface area (Å²) in [5.74, 6) is -0.262. The number of morpholine rings is 1. The third-order valence-corrected chi connectivity index (χ3v) is 7.47. The van der Waals surface area contributed by atoms with E-state index < -0.39 is 10.0 Å². The van der Waals surface area contributed by atoms with E-state index in [1.165, 1.54) is 28.6 Å². The van der Waals surface area contributed by atoms with Gasteiger partial charge in [-0.05, 0) is 55.3 Å². The van der Waals surface area contributed by atoms with Crippen molar-refractivity contribution in [2.75, 3.05) is 43.1 Å². The van der Waals surface area contributed by atoms with E-state index in [4.69, 9.17) is 4.74 Å². The number of hydrogen-bond donors (Lipinski definition) is 1. The molecule has 0 bridgehead atoms. The molecular weight excluding hydrogens is 418 g/mol. The van der Waals surface area contributed by atoms with Gasteiger partial charge in [0.15, 0.2) is 0 Å². The van der Waals surface area contributed by atoms with Gasteiger partial charge in [-0.25, -0.2) is 8.42 Å². The Bertz CT molecular complexity index is 1090. The maximum Gasteiger partial charge on any atom is 0.255 e. The van der Waals surface area contributed by atoms with Crippen LogP contribution in [0.2, 0.25) is 0 Å². The van der Waals surface area contributed by atoms with Crippen LogP contribution in [0.3, 0.4) is 0 Å². The van der Waals surface area contributed by atoms with Crippen LogP contribution in [0.15, 0.2) is 47.4 Å². The number of sulfonamides is 1. The lowest BCUT2D eigenvalue weighted by Crippen LogP contribution is -2.40. The summed E-state index contributed by atoms with van der Waals surface area (Å²) in [5, 5.41) is 2.83. The molecule has 2 aliphatic heterocycles. The Morgan fingerprint density at radius 1 is 1.03 bits per heavy atom. The highest BCUT2D eigenvalue weighted by molar-refractivity contribution is 7.89. The number of ether oxygens (including phenoxy) is 1. The number of hydrogen-bond acceptors (Lipinski definition) is 5. The molecule has 0 radical (unpaired) electrons. The van der Waals surface area contributed by atoms with E-state index in [2.05, 4.69) is 5.32 Å². The molecule has 2 saturated heterocycles. The van der Waals surface area contributed by atoms with Crippen molar-refractivity contribution >= 4 is 33.2 Å². The zero-order chi connectivity index (χ0) is 22.0. The first-order chi connectivity index (χ1) is 14.9. The molecule has 31 heavy (non-hydrogen) atoms. The highest BCUT2D eigenvalue weighted by Crippen LogP contribution is 2.28. The summed E-state index contributed by atoms with van der Waals surface area (Å²) in [5.41, 5.74) is 2.69. The first kappa shape index (κ1) is 21.5. The van der Waals surface area contributed by atoms with Gasteiger partial charge in [0.2, 0.25) is 15.9 Å². The van der Waals surface area contributed by atoms with Crippen LogP contribution in [-0.4, -0.2) is 57.4 Å². The van der Waals surface area contributed by atoms with Crippen LogP contribution in [-0.2, 0) is 19.6 Å². The number of aryl methyl sites for hydroxylation is 1. The maximum atomic E-state index is 12.7. The van der Waals surface area contributed by atoms with Gasteiger partial charge in [-0.15, -0.1) is 0 Å². The molecule has 0 saturated carbocycles. The van der Waals surface area contributed by atoms with Crippen LogP contribution in [0.4, 0.5) is 11.4 Å². The molecule has 0 aliphatic carbocycles. The molecule has 8 nitrogen and oxygen atoms in total. The minimum Gasteiger partial charge on any atom is -0.379 e. The van der Waals surface area contributed by atoms with Gasteiger partial charge in [-0.2, -0.15) is 4.31 Å². The summed E-state index contributed by atoms with van der Waals surface area (Å²) in [6.07, 6.45) is 1.37. The second-order valence-electron chi connectivity index (χ2n) is 7.65. The van der Waals surface area contributed by atoms with Gasteiger partial charge in [-0.3, -0.25) is 9.59 Å². The fourth-order valence-electron chi connectivity index (χ4n) is 3.80. The first-order valence-corrected chi connectivity index (χ1v) is 11.7. The topological polar surface area (TPSA) is 96.0 Å². The molecule has 2 heterocycles. The van der Waals surface area contributed by atoms with Crippen molar-refractivity contribution in [1.82, 2.24) is 4.31 Å². The number of benzene rings is 2. The molecule has 0 aromatic heterocycles. The fourth-order valence-corrected chi connectivity index (χ4v) is 5.21. The summed E-state index contributed by atoms with van der Waals surface area (Å²) in [6.45, 7) is 4.00. The minimum atomic E-state index is -3.60. The van der Waals surface area contributed by atoms with Gasteiger partial charge in [-0.1, -0.05) is 6.07 Å². The molecule has 0 unspecified atom stereocenters. The lowest BCUT2D eigenvalue weighted by Gasteiger charge is -2.26. The largest absolute Gasteiger partial charge is 0.379 e. The van der Waals surface area contributed by atoms with Crippen LogP contribution in [0.1, 0.15) is 28.8 Å². The Labute approximate surface area is 181 Å². The molecule has 2 aromatic carbocycles. The van der Waals surface area contributed by atoms with Crippen molar-refractivity contribution in [2.24, 2.45) is 0 Å². The smallest absolute Gasteiger partial charge is 0.255 e. The summed E-state index contributed by atoms with van der Waals surface area (Å²) in [4.78, 5) is 26.7.